The van der Waals surface area contributed by atoms with Crippen molar-refractivity contribution in [1.82, 2.24) is 10.4 Å². The van der Waals surface area contributed by atoms with Crippen molar-refractivity contribution in [3.63, 3.8) is 0 Å². The van der Waals surface area contributed by atoms with Crippen LogP contribution in [0.5, 0.6) is 0 Å². The number of nitrogens with one attached hydrogen (secondary N) is 1. The lowest BCUT2D eigenvalue weighted by Crippen LogP contribution is -2.54. The summed E-state index contributed by atoms with van der Waals surface area (Å²) in [6, 6.07) is 9.95. The summed E-state index contributed by atoms with van der Waals surface area (Å²) in [5, 5.41) is 10.2. The predicted octanol–water partition coefficient (Wildman–Crippen LogP) is 0.436. The Labute approximate surface area is 117 Å². The van der Waals surface area contributed by atoms with Gasteiger partial charge in [0.15, 0.2) is 0 Å². The van der Waals surface area contributed by atoms with Crippen molar-refractivity contribution in [2.45, 2.75) is 18.9 Å². The molecule has 0 aliphatic carbocycles. The van der Waals surface area contributed by atoms with E-state index in [1.54, 1.807) is 0 Å². The quantitative estimate of drug-likeness (QED) is 0.789. The van der Waals surface area contributed by atoms with Gasteiger partial charge >= 0.3 is 5.97 Å². The zero-order chi connectivity index (χ0) is 14.4. The number of carbonyl (C=O) groups is 2. The van der Waals surface area contributed by atoms with Gasteiger partial charge in [-0.1, -0.05) is 30.3 Å². The van der Waals surface area contributed by atoms with Gasteiger partial charge in [-0.3, -0.25) is 14.6 Å². The standard InChI is InChI=1S/C14H18N2O4/c17-13(18)10-12-14(19)16(8-9-20-12)15-7-6-11-4-2-1-3-5-11/h1-5,12,15H,6-10H2,(H,17,18)/t12-/m1/s1. The highest BCUT2D eigenvalue weighted by Crippen LogP contribution is 2.09. The predicted molar refractivity (Wildman–Crippen MR) is 71.9 cm³/mol. The van der Waals surface area contributed by atoms with Crippen LogP contribution in [0.4, 0.5) is 0 Å². The highest BCUT2D eigenvalue weighted by atomic mass is 16.5. The van der Waals surface area contributed by atoms with Gasteiger partial charge in [-0.25, -0.2) is 5.43 Å². The summed E-state index contributed by atoms with van der Waals surface area (Å²) in [4.78, 5) is 22.6. The van der Waals surface area contributed by atoms with E-state index in [9.17, 15) is 9.59 Å². The van der Waals surface area contributed by atoms with E-state index >= 15 is 0 Å². The summed E-state index contributed by atoms with van der Waals surface area (Å²) < 4.78 is 5.18. The van der Waals surface area contributed by atoms with Gasteiger partial charge < -0.3 is 9.84 Å². The third-order valence-electron chi connectivity index (χ3n) is 3.09. The van der Waals surface area contributed by atoms with Gasteiger partial charge in [0.25, 0.3) is 5.91 Å². The highest BCUT2D eigenvalue weighted by Gasteiger charge is 2.31. The number of amides is 1. The first-order valence-electron chi connectivity index (χ1n) is 6.59. The second kappa shape index (κ2) is 7.02. The largest absolute Gasteiger partial charge is 0.481 e. The van der Waals surface area contributed by atoms with Crippen molar-refractivity contribution in [1.29, 1.82) is 0 Å². The zero-order valence-electron chi connectivity index (χ0n) is 11.1. The molecule has 1 saturated heterocycles. The molecule has 0 saturated carbocycles. The molecule has 6 nitrogen and oxygen atoms in total. The molecule has 6 heteroatoms. The van der Waals surface area contributed by atoms with E-state index in [-0.39, 0.29) is 12.3 Å². The number of benzene rings is 1. The molecule has 1 atom stereocenters. The molecule has 2 N–H and O–H groups in total. The van der Waals surface area contributed by atoms with Gasteiger partial charge in [-0.05, 0) is 12.0 Å². The Hall–Kier alpha value is -1.92. The number of nitrogens with zero attached hydrogens (tertiary/aromatic N) is 1. The van der Waals surface area contributed by atoms with Gasteiger partial charge in [-0.15, -0.1) is 0 Å². The minimum absolute atomic E-state index is 0.296. The van der Waals surface area contributed by atoms with Crippen LogP contribution in [0.25, 0.3) is 0 Å². The summed E-state index contributed by atoms with van der Waals surface area (Å²) in [5.74, 6) is -1.35. The lowest BCUT2D eigenvalue weighted by atomic mass is 10.1. The molecule has 108 valence electrons. The summed E-state index contributed by atoms with van der Waals surface area (Å²) in [7, 11) is 0. The lowest BCUT2D eigenvalue weighted by molar-refractivity contribution is -0.163. The Morgan fingerprint density at radius 3 is 2.85 bits per heavy atom. The van der Waals surface area contributed by atoms with Crippen LogP contribution in [0.3, 0.4) is 0 Å². The van der Waals surface area contributed by atoms with Crippen molar-refractivity contribution in [3.05, 3.63) is 35.9 Å². The third kappa shape index (κ3) is 4.04. The number of hydrogen-bond acceptors (Lipinski definition) is 4. The number of aliphatic carboxylic acids is 1. The number of rotatable bonds is 6. The van der Waals surface area contributed by atoms with Gasteiger partial charge in [0, 0.05) is 6.54 Å². The zero-order valence-corrected chi connectivity index (χ0v) is 11.1. The molecule has 1 amide bonds. The summed E-state index contributed by atoms with van der Waals surface area (Å²) in [6.07, 6.45) is -0.379. The van der Waals surface area contributed by atoms with Crippen molar-refractivity contribution < 1.29 is 19.4 Å². The maximum absolute atomic E-state index is 12.0. The van der Waals surface area contributed by atoms with Crippen LogP contribution in [0, 0.1) is 0 Å². The Kier molecular flexibility index (Phi) is 5.09. The molecule has 1 aromatic rings. The van der Waals surface area contributed by atoms with E-state index in [4.69, 9.17) is 9.84 Å². The Morgan fingerprint density at radius 2 is 2.15 bits per heavy atom. The van der Waals surface area contributed by atoms with Gasteiger partial charge in [0.05, 0.1) is 19.6 Å². The minimum Gasteiger partial charge on any atom is -0.481 e. The summed E-state index contributed by atoms with van der Waals surface area (Å²) in [6.45, 7) is 1.40. The molecule has 20 heavy (non-hydrogen) atoms. The first-order valence-corrected chi connectivity index (χ1v) is 6.59. The average Bonchev–Trinajstić information content (AvgIpc) is 2.43. The molecular formula is C14H18N2O4. The third-order valence-corrected chi connectivity index (χ3v) is 3.09. The first-order chi connectivity index (χ1) is 9.66. The van der Waals surface area contributed by atoms with Crippen LogP contribution >= 0.6 is 0 Å². The molecule has 1 heterocycles. The van der Waals surface area contributed by atoms with Crippen LogP contribution in [0.15, 0.2) is 30.3 Å². The molecule has 2 rings (SSSR count). The van der Waals surface area contributed by atoms with Crippen LogP contribution in [0.2, 0.25) is 0 Å². The fourth-order valence-corrected chi connectivity index (χ4v) is 2.08. The van der Waals surface area contributed by atoms with Gasteiger partial charge in [-0.2, -0.15) is 0 Å². The summed E-state index contributed by atoms with van der Waals surface area (Å²) >= 11 is 0. The number of morpholine rings is 1. The molecule has 0 bridgehead atoms. The smallest absolute Gasteiger partial charge is 0.306 e. The second-order valence-electron chi connectivity index (χ2n) is 4.59. The van der Waals surface area contributed by atoms with Crippen LogP contribution in [-0.4, -0.2) is 47.8 Å². The Bertz CT molecular complexity index is 464. The lowest BCUT2D eigenvalue weighted by Gasteiger charge is -2.32. The molecule has 0 unspecified atom stereocenters. The Balaban J connectivity index is 1.80. The number of hydrogen-bond donors (Lipinski definition) is 2. The van der Waals surface area contributed by atoms with E-state index in [1.807, 2.05) is 30.3 Å². The normalized spacial score (nSPS) is 19.1. The van der Waals surface area contributed by atoms with Crippen molar-refractivity contribution >= 4 is 11.9 Å². The number of carboxylic acid groups (broad SMARTS) is 1. The monoisotopic (exact) mass is 278 g/mol. The maximum atomic E-state index is 12.0. The highest BCUT2D eigenvalue weighted by molar-refractivity contribution is 5.85. The van der Waals surface area contributed by atoms with E-state index in [2.05, 4.69) is 5.43 Å². The number of carbonyl (C=O) groups excluding carboxylic acids is 1. The molecule has 1 fully saturated rings. The molecule has 0 spiro atoms. The molecule has 0 aromatic heterocycles. The number of ether oxygens (including phenoxy) is 1. The topological polar surface area (TPSA) is 78.9 Å². The van der Waals surface area contributed by atoms with Crippen molar-refractivity contribution in [2.24, 2.45) is 0 Å². The molecule has 1 aromatic carbocycles. The molecular weight excluding hydrogens is 260 g/mol. The molecule has 0 radical (unpaired) electrons. The minimum atomic E-state index is -1.03. The first kappa shape index (κ1) is 14.5. The molecule has 1 aliphatic heterocycles. The van der Waals surface area contributed by atoms with Gasteiger partial charge in [0.2, 0.25) is 0 Å². The van der Waals surface area contributed by atoms with Crippen molar-refractivity contribution in [2.75, 3.05) is 19.7 Å². The van der Waals surface area contributed by atoms with E-state index in [0.29, 0.717) is 19.7 Å². The van der Waals surface area contributed by atoms with E-state index in [1.165, 1.54) is 10.6 Å². The van der Waals surface area contributed by atoms with Crippen LogP contribution < -0.4 is 5.43 Å². The fourth-order valence-electron chi connectivity index (χ4n) is 2.08. The van der Waals surface area contributed by atoms with E-state index < -0.39 is 12.1 Å². The van der Waals surface area contributed by atoms with Crippen molar-refractivity contribution in [3.8, 4) is 0 Å². The number of hydrazine groups is 1. The SMILES string of the molecule is O=C(O)C[C@H]1OCCN(NCCc2ccccc2)C1=O. The fraction of sp³-hybridized carbons (Fsp3) is 0.429. The van der Waals surface area contributed by atoms with E-state index in [0.717, 1.165) is 6.42 Å². The molecule has 1 aliphatic rings. The average molecular weight is 278 g/mol. The van der Waals surface area contributed by atoms with Crippen LogP contribution in [0.1, 0.15) is 12.0 Å². The second-order valence-corrected chi connectivity index (χ2v) is 4.59. The van der Waals surface area contributed by atoms with Crippen LogP contribution in [-0.2, 0) is 20.7 Å². The maximum Gasteiger partial charge on any atom is 0.306 e. The number of carboxylic acids is 1. The van der Waals surface area contributed by atoms with Gasteiger partial charge in [0.1, 0.15) is 6.10 Å². The summed E-state index contributed by atoms with van der Waals surface area (Å²) in [5.41, 5.74) is 4.22. The Morgan fingerprint density at radius 1 is 1.40 bits per heavy atom.